The standard InChI is InChI=1S/C16H19ClN4O2/c1-9(10-5-3-2-4-6-10)19-12-13(15(23)14(12)22)20-11-7-8-18-16(17)21-11/h7-10,19H,2-6H2,1H3,(H,18,20,21)/t9-/m1/s1. The first-order chi connectivity index (χ1) is 11.1. The van der Waals surface area contributed by atoms with Crippen molar-refractivity contribution in [2.45, 2.75) is 45.1 Å². The van der Waals surface area contributed by atoms with Gasteiger partial charge in [0.15, 0.2) is 0 Å². The quantitative estimate of drug-likeness (QED) is 0.646. The minimum atomic E-state index is -0.530. The first-order valence-electron chi connectivity index (χ1n) is 7.91. The number of nitrogens with zero attached hydrogens (tertiary/aromatic N) is 2. The van der Waals surface area contributed by atoms with E-state index in [0.29, 0.717) is 17.4 Å². The molecule has 1 aromatic heterocycles. The molecule has 0 amide bonds. The molecule has 3 rings (SSSR count). The number of hydrogen-bond acceptors (Lipinski definition) is 6. The van der Waals surface area contributed by atoms with Gasteiger partial charge in [-0.2, -0.15) is 0 Å². The normalized spacial score (nSPS) is 17.1. The molecular formula is C16H19ClN4O2. The molecule has 1 aliphatic carbocycles. The molecule has 1 aliphatic rings. The van der Waals surface area contributed by atoms with Gasteiger partial charge in [0.25, 0.3) is 10.9 Å². The zero-order chi connectivity index (χ0) is 16.4. The zero-order valence-electron chi connectivity index (χ0n) is 12.9. The lowest BCUT2D eigenvalue weighted by atomic mass is 9.84. The summed E-state index contributed by atoms with van der Waals surface area (Å²) in [7, 11) is 0. The number of hydrogen-bond donors (Lipinski definition) is 2. The second kappa shape index (κ2) is 6.66. The van der Waals surface area contributed by atoms with E-state index in [4.69, 9.17) is 11.6 Å². The van der Waals surface area contributed by atoms with E-state index in [-0.39, 0.29) is 17.0 Å². The Bertz CT molecular complexity index is 764. The molecule has 1 saturated carbocycles. The van der Waals surface area contributed by atoms with E-state index >= 15 is 0 Å². The first-order valence-corrected chi connectivity index (χ1v) is 8.29. The van der Waals surface area contributed by atoms with Crippen LogP contribution in [0.1, 0.15) is 39.0 Å². The van der Waals surface area contributed by atoms with Crippen LogP contribution in [0.15, 0.2) is 21.9 Å². The average molecular weight is 335 g/mol. The summed E-state index contributed by atoms with van der Waals surface area (Å²) in [5, 5.41) is 6.17. The predicted molar refractivity (Wildman–Crippen MR) is 91.3 cm³/mol. The van der Waals surface area contributed by atoms with Crippen LogP contribution < -0.4 is 21.5 Å². The van der Waals surface area contributed by atoms with Crippen molar-refractivity contribution < 1.29 is 0 Å². The lowest BCUT2D eigenvalue weighted by Crippen LogP contribution is -2.40. The molecule has 1 atom stereocenters. The Kier molecular flexibility index (Phi) is 4.61. The molecule has 0 radical (unpaired) electrons. The third-order valence-electron chi connectivity index (χ3n) is 4.52. The van der Waals surface area contributed by atoms with Gasteiger partial charge < -0.3 is 10.6 Å². The van der Waals surface area contributed by atoms with E-state index in [0.717, 1.165) is 12.8 Å². The molecule has 1 heterocycles. The van der Waals surface area contributed by atoms with Crippen molar-refractivity contribution in [3.8, 4) is 0 Å². The van der Waals surface area contributed by atoms with E-state index in [9.17, 15) is 9.59 Å². The molecule has 0 bridgehead atoms. The molecule has 0 aliphatic heterocycles. The Morgan fingerprint density at radius 3 is 2.57 bits per heavy atom. The van der Waals surface area contributed by atoms with E-state index in [1.54, 1.807) is 6.07 Å². The summed E-state index contributed by atoms with van der Waals surface area (Å²) >= 11 is 5.73. The van der Waals surface area contributed by atoms with Crippen molar-refractivity contribution in [2.75, 3.05) is 10.6 Å². The van der Waals surface area contributed by atoms with Gasteiger partial charge in [-0.25, -0.2) is 9.97 Å². The molecule has 1 aromatic carbocycles. The monoisotopic (exact) mass is 334 g/mol. The highest BCUT2D eigenvalue weighted by molar-refractivity contribution is 6.28. The highest BCUT2D eigenvalue weighted by Gasteiger charge is 2.26. The summed E-state index contributed by atoms with van der Waals surface area (Å²) in [4.78, 5) is 31.5. The van der Waals surface area contributed by atoms with Gasteiger partial charge in [-0.1, -0.05) is 19.3 Å². The van der Waals surface area contributed by atoms with Crippen LogP contribution in [0.25, 0.3) is 0 Å². The van der Waals surface area contributed by atoms with Crippen LogP contribution in [0, 0.1) is 5.92 Å². The maximum absolute atomic E-state index is 11.9. The highest BCUT2D eigenvalue weighted by Crippen LogP contribution is 2.29. The summed E-state index contributed by atoms with van der Waals surface area (Å²) in [6.45, 7) is 2.07. The van der Waals surface area contributed by atoms with E-state index < -0.39 is 10.9 Å². The SMILES string of the molecule is C[C@@H](Nc1c(Nc2ccnc(Cl)n2)c(=O)c1=O)C1CCCCC1. The highest BCUT2D eigenvalue weighted by atomic mass is 35.5. The molecule has 0 unspecified atom stereocenters. The fraction of sp³-hybridized carbons (Fsp3) is 0.500. The minimum absolute atomic E-state index is 0.0822. The molecule has 0 saturated heterocycles. The number of anilines is 3. The van der Waals surface area contributed by atoms with Crippen molar-refractivity contribution in [3.63, 3.8) is 0 Å². The number of aromatic nitrogens is 2. The van der Waals surface area contributed by atoms with Gasteiger partial charge in [0, 0.05) is 12.2 Å². The van der Waals surface area contributed by atoms with Crippen LogP contribution in [-0.2, 0) is 0 Å². The maximum Gasteiger partial charge on any atom is 0.253 e. The summed E-state index contributed by atoms with van der Waals surface area (Å²) in [6, 6.07) is 1.75. The molecule has 23 heavy (non-hydrogen) atoms. The fourth-order valence-corrected chi connectivity index (χ4v) is 3.31. The van der Waals surface area contributed by atoms with Gasteiger partial charge in [-0.05, 0) is 43.4 Å². The third-order valence-corrected chi connectivity index (χ3v) is 4.70. The minimum Gasteiger partial charge on any atom is -0.377 e. The summed E-state index contributed by atoms with van der Waals surface area (Å²) in [5.41, 5.74) is -0.399. The molecule has 7 heteroatoms. The van der Waals surface area contributed by atoms with Gasteiger partial charge >= 0.3 is 0 Å². The van der Waals surface area contributed by atoms with Crippen LogP contribution in [0.3, 0.4) is 0 Å². The van der Waals surface area contributed by atoms with Gasteiger partial charge in [0.05, 0.1) is 0 Å². The van der Waals surface area contributed by atoms with E-state index in [1.165, 1.54) is 25.5 Å². The second-order valence-electron chi connectivity index (χ2n) is 6.08. The summed E-state index contributed by atoms with van der Waals surface area (Å²) in [6.07, 6.45) is 7.55. The zero-order valence-corrected chi connectivity index (χ0v) is 13.7. The lowest BCUT2D eigenvalue weighted by Gasteiger charge is -2.29. The predicted octanol–water partition coefficient (Wildman–Crippen LogP) is 2.85. The molecule has 1 fully saturated rings. The number of rotatable bonds is 5. The molecule has 2 N–H and O–H groups in total. The number of nitrogens with one attached hydrogen (secondary N) is 2. The van der Waals surface area contributed by atoms with Gasteiger partial charge in [-0.15, -0.1) is 0 Å². The molecule has 122 valence electrons. The number of halogens is 1. The Morgan fingerprint density at radius 2 is 1.87 bits per heavy atom. The fourth-order valence-electron chi connectivity index (χ4n) is 3.16. The maximum atomic E-state index is 11.9. The van der Waals surface area contributed by atoms with E-state index in [2.05, 4.69) is 27.5 Å². The van der Waals surface area contributed by atoms with Crippen molar-refractivity contribution in [1.82, 2.24) is 9.97 Å². The molecule has 0 spiro atoms. The van der Waals surface area contributed by atoms with Gasteiger partial charge in [-0.3, -0.25) is 9.59 Å². The van der Waals surface area contributed by atoms with Gasteiger partial charge in [0.2, 0.25) is 5.28 Å². The first kappa shape index (κ1) is 15.9. The Morgan fingerprint density at radius 1 is 1.17 bits per heavy atom. The molecule has 2 aromatic rings. The lowest BCUT2D eigenvalue weighted by molar-refractivity contribution is 0.328. The van der Waals surface area contributed by atoms with Crippen molar-refractivity contribution in [2.24, 2.45) is 5.92 Å². The summed E-state index contributed by atoms with van der Waals surface area (Å²) in [5.74, 6) is 0.931. The Labute approximate surface area is 139 Å². The summed E-state index contributed by atoms with van der Waals surface area (Å²) < 4.78 is 0. The van der Waals surface area contributed by atoms with Gasteiger partial charge in [0.1, 0.15) is 17.2 Å². The molecule has 6 nitrogen and oxygen atoms in total. The second-order valence-corrected chi connectivity index (χ2v) is 6.41. The van der Waals surface area contributed by atoms with Crippen LogP contribution in [0.4, 0.5) is 17.2 Å². The Balaban J connectivity index is 1.74. The largest absolute Gasteiger partial charge is 0.377 e. The van der Waals surface area contributed by atoms with Crippen LogP contribution in [-0.4, -0.2) is 16.0 Å². The average Bonchev–Trinajstić information content (AvgIpc) is 2.58. The van der Waals surface area contributed by atoms with Crippen LogP contribution in [0.2, 0.25) is 5.28 Å². The van der Waals surface area contributed by atoms with Crippen molar-refractivity contribution in [3.05, 3.63) is 38.0 Å². The van der Waals surface area contributed by atoms with Crippen molar-refractivity contribution in [1.29, 1.82) is 0 Å². The smallest absolute Gasteiger partial charge is 0.253 e. The van der Waals surface area contributed by atoms with Crippen LogP contribution in [0.5, 0.6) is 0 Å². The molecular weight excluding hydrogens is 316 g/mol. The third kappa shape index (κ3) is 3.37. The topological polar surface area (TPSA) is 84.0 Å². The van der Waals surface area contributed by atoms with Crippen molar-refractivity contribution >= 4 is 28.8 Å². The van der Waals surface area contributed by atoms with Crippen LogP contribution >= 0.6 is 11.6 Å². The van der Waals surface area contributed by atoms with E-state index in [1.807, 2.05) is 0 Å². The Hall–Kier alpha value is -1.95.